The van der Waals surface area contributed by atoms with Crippen LogP contribution in [0.4, 0.5) is 5.69 Å². The van der Waals surface area contributed by atoms with Crippen molar-refractivity contribution in [2.75, 3.05) is 25.6 Å². The third-order valence-electron chi connectivity index (χ3n) is 2.56. The second-order valence-corrected chi connectivity index (χ2v) is 3.73. The Balaban J connectivity index is 1.91. The standard InChI is InChI=1S/C12H17NO2/c1-13-10-4-6-11(7-5-10)15-12-3-2-8-14-9-12/h4-7,12-13H,2-3,8-9H2,1H3. The minimum absolute atomic E-state index is 0.221. The van der Waals surface area contributed by atoms with Gasteiger partial charge < -0.3 is 14.8 Å². The van der Waals surface area contributed by atoms with Crippen molar-refractivity contribution in [3.63, 3.8) is 0 Å². The summed E-state index contributed by atoms with van der Waals surface area (Å²) in [4.78, 5) is 0. The maximum absolute atomic E-state index is 5.80. The molecule has 1 aliphatic heterocycles. The first-order chi connectivity index (χ1) is 7.38. The van der Waals surface area contributed by atoms with E-state index in [1.807, 2.05) is 31.3 Å². The molecule has 3 heteroatoms. The second-order valence-electron chi connectivity index (χ2n) is 3.73. The summed E-state index contributed by atoms with van der Waals surface area (Å²) in [7, 11) is 1.91. The number of anilines is 1. The molecule has 1 unspecified atom stereocenters. The average Bonchev–Trinajstić information content (AvgIpc) is 2.31. The Morgan fingerprint density at radius 1 is 1.33 bits per heavy atom. The Kier molecular flexibility index (Phi) is 3.45. The van der Waals surface area contributed by atoms with E-state index in [1.54, 1.807) is 0 Å². The molecular weight excluding hydrogens is 190 g/mol. The van der Waals surface area contributed by atoms with Crippen LogP contribution in [0.5, 0.6) is 5.75 Å². The first-order valence-electron chi connectivity index (χ1n) is 5.41. The van der Waals surface area contributed by atoms with E-state index in [4.69, 9.17) is 9.47 Å². The molecule has 1 saturated heterocycles. The summed E-state index contributed by atoms with van der Waals surface area (Å²) in [5, 5.41) is 3.08. The van der Waals surface area contributed by atoms with Gasteiger partial charge in [-0.15, -0.1) is 0 Å². The zero-order chi connectivity index (χ0) is 10.5. The molecule has 1 heterocycles. The van der Waals surface area contributed by atoms with E-state index in [1.165, 1.54) is 0 Å². The van der Waals surface area contributed by atoms with Crippen LogP contribution in [0.15, 0.2) is 24.3 Å². The molecule has 0 amide bonds. The highest BCUT2D eigenvalue weighted by Gasteiger charge is 2.14. The van der Waals surface area contributed by atoms with Gasteiger partial charge in [0.25, 0.3) is 0 Å². The summed E-state index contributed by atoms with van der Waals surface area (Å²) in [6.07, 6.45) is 2.41. The Morgan fingerprint density at radius 3 is 2.73 bits per heavy atom. The van der Waals surface area contributed by atoms with Gasteiger partial charge in [0.2, 0.25) is 0 Å². The van der Waals surface area contributed by atoms with E-state index in [-0.39, 0.29) is 6.10 Å². The van der Waals surface area contributed by atoms with Crippen LogP contribution in [0.3, 0.4) is 0 Å². The topological polar surface area (TPSA) is 30.5 Å². The molecule has 0 spiro atoms. The minimum atomic E-state index is 0.221. The first-order valence-corrected chi connectivity index (χ1v) is 5.41. The summed E-state index contributed by atoms with van der Waals surface area (Å²) in [6.45, 7) is 1.59. The van der Waals surface area contributed by atoms with E-state index in [2.05, 4.69) is 5.32 Å². The van der Waals surface area contributed by atoms with Crippen LogP contribution < -0.4 is 10.1 Å². The zero-order valence-electron chi connectivity index (χ0n) is 9.03. The first kappa shape index (κ1) is 10.3. The van der Waals surface area contributed by atoms with Crippen LogP contribution >= 0.6 is 0 Å². The predicted molar refractivity (Wildman–Crippen MR) is 60.5 cm³/mol. The van der Waals surface area contributed by atoms with E-state index in [0.717, 1.165) is 30.9 Å². The number of benzene rings is 1. The largest absolute Gasteiger partial charge is 0.488 e. The van der Waals surface area contributed by atoms with E-state index >= 15 is 0 Å². The molecule has 15 heavy (non-hydrogen) atoms. The third-order valence-corrected chi connectivity index (χ3v) is 2.56. The number of nitrogens with one attached hydrogen (secondary N) is 1. The Morgan fingerprint density at radius 2 is 2.13 bits per heavy atom. The molecule has 0 radical (unpaired) electrons. The van der Waals surface area contributed by atoms with Crippen molar-refractivity contribution in [3.8, 4) is 5.75 Å². The van der Waals surface area contributed by atoms with Crippen LogP contribution in [0, 0.1) is 0 Å². The molecule has 0 bridgehead atoms. The normalized spacial score (nSPS) is 21.0. The zero-order valence-corrected chi connectivity index (χ0v) is 9.03. The SMILES string of the molecule is CNc1ccc(OC2CCCOC2)cc1. The van der Waals surface area contributed by atoms with Crippen molar-refractivity contribution in [3.05, 3.63) is 24.3 Å². The molecule has 1 fully saturated rings. The van der Waals surface area contributed by atoms with Crippen molar-refractivity contribution >= 4 is 5.69 Å². The second kappa shape index (κ2) is 5.03. The fourth-order valence-electron chi connectivity index (χ4n) is 1.70. The highest BCUT2D eigenvalue weighted by molar-refractivity contribution is 5.45. The van der Waals surface area contributed by atoms with Gasteiger partial charge in [-0.3, -0.25) is 0 Å². The van der Waals surface area contributed by atoms with Crippen molar-refractivity contribution in [1.29, 1.82) is 0 Å². The van der Waals surface area contributed by atoms with Crippen molar-refractivity contribution in [2.24, 2.45) is 0 Å². The molecule has 0 aliphatic carbocycles. The quantitative estimate of drug-likeness (QED) is 0.824. The predicted octanol–water partition coefficient (Wildman–Crippen LogP) is 2.29. The van der Waals surface area contributed by atoms with Gasteiger partial charge in [-0.25, -0.2) is 0 Å². The molecule has 1 aliphatic rings. The molecule has 2 rings (SSSR count). The van der Waals surface area contributed by atoms with Crippen molar-refractivity contribution < 1.29 is 9.47 Å². The minimum Gasteiger partial charge on any atom is -0.488 e. The summed E-state index contributed by atoms with van der Waals surface area (Å²) < 4.78 is 11.2. The molecule has 0 aromatic heterocycles. The van der Waals surface area contributed by atoms with Gasteiger partial charge in [0.1, 0.15) is 11.9 Å². The van der Waals surface area contributed by atoms with E-state index in [9.17, 15) is 0 Å². The molecular formula is C12H17NO2. The van der Waals surface area contributed by atoms with Crippen LogP contribution in [0.2, 0.25) is 0 Å². The van der Waals surface area contributed by atoms with Gasteiger partial charge in [0.15, 0.2) is 0 Å². The van der Waals surface area contributed by atoms with Gasteiger partial charge in [-0.2, -0.15) is 0 Å². The molecule has 1 aromatic rings. The Bertz CT molecular complexity index is 291. The van der Waals surface area contributed by atoms with Gasteiger partial charge in [-0.05, 0) is 37.1 Å². The monoisotopic (exact) mass is 207 g/mol. The van der Waals surface area contributed by atoms with Crippen LogP contribution in [0.25, 0.3) is 0 Å². The fraction of sp³-hybridized carbons (Fsp3) is 0.500. The molecule has 1 atom stereocenters. The van der Waals surface area contributed by atoms with E-state index in [0.29, 0.717) is 6.61 Å². The molecule has 1 N–H and O–H groups in total. The highest BCUT2D eigenvalue weighted by Crippen LogP contribution is 2.19. The molecule has 1 aromatic carbocycles. The lowest BCUT2D eigenvalue weighted by molar-refractivity contribution is 0.00744. The summed E-state index contributed by atoms with van der Waals surface area (Å²) >= 11 is 0. The van der Waals surface area contributed by atoms with Crippen molar-refractivity contribution in [1.82, 2.24) is 0 Å². The summed E-state index contributed by atoms with van der Waals surface area (Å²) in [5.41, 5.74) is 1.10. The number of ether oxygens (including phenoxy) is 2. The third kappa shape index (κ3) is 2.86. The van der Waals surface area contributed by atoms with Gasteiger partial charge in [-0.1, -0.05) is 0 Å². The van der Waals surface area contributed by atoms with Crippen LogP contribution in [-0.2, 0) is 4.74 Å². The van der Waals surface area contributed by atoms with Crippen molar-refractivity contribution in [2.45, 2.75) is 18.9 Å². The molecule has 3 nitrogen and oxygen atoms in total. The lowest BCUT2D eigenvalue weighted by Gasteiger charge is -2.23. The number of rotatable bonds is 3. The van der Waals surface area contributed by atoms with Gasteiger partial charge >= 0.3 is 0 Å². The number of hydrogen-bond donors (Lipinski definition) is 1. The lowest BCUT2D eigenvalue weighted by atomic mass is 10.2. The maximum Gasteiger partial charge on any atom is 0.122 e. The summed E-state index contributed by atoms with van der Waals surface area (Å²) in [6, 6.07) is 8.00. The molecule has 82 valence electrons. The van der Waals surface area contributed by atoms with Gasteiger partial charge in [0.05, 0.1) is 6.61 Å². The number of hydrogen-bond acceptors (Lipinski definition) is 3. The van der Waals surface area contributed by atoms with E-state index < -0.39 is 0 Å². The van der Waals surface area contributed by atoms with Crippen LogP contribution in [-0.4, -0.2) is 26.4 Å². The smallest absolute Gasteiger partial charge is 0.122 e. The highest BCUT2D eigenvalue weighted by atomic mass is 16.5. The van der Waals surface area contributed by atoms with Gasteiger partial charge in [0, 0.05) is 19.3 Å². The van der Waals surface area contributed by atoms with Crippen LogP contribution in [0.1, 0.15) is 12.8 Å². The maximum atomic E-state index is 5.80. The Hall–Kier alpha value is -1.22. The average molecular weight is 207 g/mol. The fourth-order valence-corrected chi connectivity index (χ4v) is 1.70. The molecule has 0 saturated carbocycles. The Labute approximate surface area is 90.4 Å². The summed E-state index contributed by atoms with van der Waals surface area (Å²) in [5.74, 6) is 0.921. The lowest BCUT2D eigenvalue weighted by Crippen LogP contribution is -2.27.